The Bertz CT molecular complexity index is 1430. The summed E-state index contributed by atoms with van der Waals surface area (Å²) in [5.41, 5.74) is 3.45. The van der Waals surface area contributed by atoms with Crippen LogP contribution >= 0.6 is 11.8 Å². The number of rotatable bonds is 5. The predicted octanol–water partition coefficient (Wildman–Crippen LogP) is 4.11. The third-order valence-electron chi connectivity index (χ3n) is 6.97. The maximum absolute atomic E-state index is 13.5. The summed E-state index contributed by atoms with van der Waals surface area (Å²) in [7, 11) is 1.67. The molecule has 0 radical (unpaired) electrons. The number of amidine groups is 2. The fourth-order valence-corrected chi connectivity index (χ4v) is 5.91. The van der Waals surface area contributed by atoms with Crippen molar-refractivity contribution < 1.29 is 14.3 Å². The Morgan fingerprint density at radius 3 is 2.45 bits per heavy atom. The number of aliphatic imine (C=N–C) groups is 2. The summed E-state index contributed by atoms with van der Waals surface area (Å²) in [6.07, 6.45) is 0. The van der Waals surface area contributed by atoms with E-state index in [-0.39, 0.29) is 17.6 Å². The van der Waals surface area contributed by atoms with Crippen LogP contribution in [0, 0.1) is 0 Å². The second-order valence-electron chi connectivity index (χ2n) is 9.18. The Kier molecular flexibility index (Phi) is 6.59. The molecule has 2 amide bonds. The molecule has 9 heteroatoms. The number of anilines is 1. The van der Waals surface area contributed by atoms with Crippen LogP contribution in [0.15, 0.2) is 88.8 Å². The van der Waals surface area contributed by atoms with Gasteiger partial charge in [0.1, 0.15) is 11.6 Å². The van der Waals surface area contributed by atoms with Gasteiger partial charge < -0.3 is 14.5 Å². The Morgan fingerprint density at radius 1 is 0.947 bits per heavy atom. The van der Waals surface area contributed by atoms with E-state index >= 15 is 0 Å². The van der Waals surface area contributed by atoms with E-state index in [1.54, 1.807) is 12.0 Å². The molecule has 0 aliphatic carbocycles. The van der Waals surface area contributed by atoms with Gasteiger partial charge in [-0.1, -0.05) is 66.4 Å². The average Bonchev–Trinajstić information content (AvgIpc) is 3.33. The van der Waals surface area contributed by atoms with Crippen LogP contribution in [-0.2, 0) is 9.59 Å². The molecule has 0 aromatic heterocycles. The van der Waals surface area contributed by atoms with E-state index in [9.17, 15) is 9.59 Å². The molecule has 3 aromatic carbocycles. The first-order valence-electron chi connectivity index (χ1n) is 12.6. The van der Waals surface area contributed by atoms with Crippen molar-refractivity contribution in [1.29, 1.82) is 0 Å². The van der Waals surface area contributed by atoms with Gasteiger partial charge in [0.2, 0.25) is 5.91 Å². The number of piperazine rings is 1. The quantitative estimate of drug-likeness (QED) is 0.501. The van der Waals surface area contributed by atoms with E-state index in [0.717, 1.165) is 41.3 Å². The minimum atomic E-state index is -0.623. The number of methoxy groups -OCH3 is 1. The van der Waals surface area contributed by atoms with Crippen LogP contribution in [-0.4, -0.2) is 71.7 Å². The number of amides is 2. The van der Waals surface area contributed by atoms with Crippen LogP contribution in [0.5, 0.6) is 5.75 Å². The summed E-state index contributed by atoms with van der Waals surface area (Å²) in [6.45, 7) is 2.70. The van der Waals surface area contributed by atoms with Crippen molar-refractivity contribution in [2.75, 3.05) is 43.9 Å². The lowest BCUT2D eigenvalue weighted by Gasteiger charge is -2.36. The van der Waals surface area contributed by atoms with E-state index in [2.05, 4.69) is 4.90 Å². The van der Waals surface area contributed by atoms with Gasteiger partial charge in [0.15, 0.2) is 11.2 Å². The van der Waals surface area contributed by atoms with E-state index in [0.29, 0.717) is 24.1 Å². The zero-order chi connectivity index (χ0) is 26.1. The molecule has 0 bridgehead atoms. The molecular weight excluding hydrogens is 498 g/mol. The Balaban J connectivity index is 1.16. The van der Waals surface area contributed by atoms with Gasteiger partial charge in [0.25, 0.3) is 5.91 Å². The molecular formula is C29H27N5O3S. The smallest absolute Gasteiger partial charge is 0.263 e. The first-order valence-corrected chi connectivity index (χ1v) is 13.6. The highest BCUT2D eigenvalue weighted by Gasteiger charge is 2.42. The number of para-hydroxylation sites is 3. The zero-order valence-electron chi connectivity index (χ0n) is 21.0. The lowest BCUT2D eigenvalue weighted by Crippen LogP contribution is -2.49. The van der Waals surface area contributed by atoms with Gasteiger partial charge >= 0.3 is 0 Å². The highest BCUT2D eigenvalue weighted by Crippen LogP contribution is 2.37. The van der Waals surface area contributed by atoms with E-state index < -0.39 is 6.04 Å². The third-order valence-corrected chi connectivity index (χ3v) is 7.89. The molecule has 3 aromatic rings. The van der Waals surface area contributed by atoms with Crippen molar-refractivity contribution in [3.8, 4) is 5.75 Å². The van der Waals surface area contributed by atoms with Crippen LogP contribution in [0.2, 0.25) is 0 Å². The number of hydrogen-bond acceptors (Lipinski definition) is 7. The molecule has 3 heterocycles. The number of ether oxygens (including phenoxy) is 1. The minimum Gasteiger partial charge on any atom is -0.495 e. The van der Waals surface area contributed by atoms with E-state index in [1.165, 1.54) is 11.8 Å². The number of nitrogens with zero attached hydrogens (tertiary/aromatic N) is 5. The van der Waals surface area contributed by atoms with Gasteiger partial charge in [0, 0.05) is 31.7 Å². The summed E-state index contributed by atoms with van der Waals surface area (Å²) in [5, 5.41) is 0.492. The standard InChI is InChI=1S/C29H27N5O3S/c1-37-24-14-8-7-13-23(24)32-15-17-33(18-16-32)25(35)19-38-29-30-22-12-6-5-11-21(22)27-31-26(28(36)34(27)29)20-9-3-2-4-10-20/h2-14,26H,15-19H2,1H3/t26-/m0/s1. The van der Waals surface area contributed by atoms with Crippen LogP contribution in [0.4, 0.5) is 11.4 Å². The monoisotopic (exact) mass is 525 g/mol. The maximum atomic E-state index is 13.5. The van der Waals surface area contributed by atoms with E-state index in [1.807, 2.05) is 83.8 Å². The summed E-state index contributed by atoms with van der Waals surface area (Å²) in [5.74, 6) is 1.50. The van der Waals surface area contributed by atoms with Crippen LogP contribution < -0.4 is 9.64 Å². The molecule has 3 aliphatic heterocycles. The highest BCUT2D eigenvalue weighted by molar-refractivity contribution is 8.14. The number of carbonyl (C=O) groups is 2. The van der Waals surface area contributed by atoms with E-state index in [4.69, 9.17) is 14.7 Å². The maximum Gasteiger partial charge on any atom is 0.263 e. The second-order valence-corrected chi connectivity index (χ2v) is 10.1. The van der Waals surface area contributed by atoms with Gasteiger partial charge in [0.05, 0.1) is 24.2 Å². The van der Waals surface area contributed by atoms with Crippen molar-refractivity contribution >= 4 is 46.0 Å². The Morgan fingerprint density at radius 2 is 1.66 bits per heavy atom. The summed E-state index contributed by atoms with van der Waals surface area (Å²) >= 11 is 1.29. The fourth-order valence-electron chi connectivity index (χ4n) is 5.00. The molecule has 0 unspecified atom stereocenters. The second kappa shape index (κ2) is 10.3. The predicted molar refractivity (Wildman–Crippen MR) is 150 cm³/mol. The number of thioether (sulfide) groups is 1. The van der Waals surface area contributed by atoms with Gasteiger partial charge in [-0.3, -0.25) is 9.59 Å². The van der Waals surface area contributed by atoms with Crippen molar-refractivity contribution in [3.05, 3.63) is 90.0 Å². The highest BCUT2D eigenvalue weighted by atomic mass is 32.2. The first kappa shape index (κ1) is 24.2. The molecule has 1 saturated heterocycles. The van der Waals surface area contributed by atoms with Gasteiger partial charge in [-0.2, -0.15) is 0 Å². The van der Waals surface area contributed by atoms with Gasteiger partial charge in [-0.25, -0.2) is 14.9 Å². The molecule has 1 fully saturated rings. The summed E-state index contributed by atoms with van der Waals surface area (Å²) in [6, 6.07) is 24.5. The van der Waals surface area contributed by atoms with Crippen molar-refractivity contribution in [2.45, 2.75) is 6.04 Å². The number of fused-ring (bicyclic) bond motifs is 3. The first-order chi connectivity index (χ1) is 18.6. The van der Waals surface area contributed by atoms with Crippen molar-refractivity contribution in [1.82, 2.24) is 9.80 Å². The molecule has 8 nitrogen and oxygen atoms in total. The largest absolute Gasteiger partial charge is 0.495 e. The molecule has 0 spiro atoms. The average molecular weight is 526 g/mol. The summed E-state index contributed by atoms with van der Waals surface area (Å²) in [4.78, 5) is 42.0. The number of carbonyl (C=O) groups excluding carboxylic acids is 2. The molecule has 0 N–H and O–H groups in total. The summed E-state index contributed by atoms with van der Waals surface area (Å²) < 4.78 is 5.50. The fraction of sp³-hybridized carbons (Fsp3) is 0.241. The minimum absolute atomic E-state index is 0.0287. The number of benzene rings is 3. The topological polar surface area (TPSA) is 77.8 Å². The molecule has 6 rings (SSSR count). The molecule has 0 saturated carbocycles. The van der Waals surface area contributed by atoms with Crippen LogP contribution in [0.25, 0.3) is 0 Å². The van der Waals surface area contributed by atoms with Crippen LogP contribution in [0.1, 0.15) is 17.2 Å². The molecule has 192 valence electrons. The molecule has 3 aliphatic rings. The lowest BCUT2D eigenvalue weighted by atomic mass is 10.1. The number of hydrogen-bond donors (Lipinski definition) is 0. The van der Waals surface area contributed by atoms with Crippen molar-refractivity contribution in [2.24, 2.45) is 9.98 Å². The van der Waals surface area contributed by atoms with Crippen LogP contribution in [0.3, 0.4) is 0 Å². The Labute approximate surface area is 225 Å². The van der Waals surface area contributed by atoms with Gasteiger partial charge in [-0.05, 0) is 29.8 Å². The lowest BCUT2D eigenvalue weighted by molar-refractivity contribution is -0.128. The SMILES string of the molecule is COc1ccccc1N1CCN(C(=O)CSC2=Nc3ccccc3C3=N[C@@H](c4ccccc4)C(=O)N23)CC1. The Hall–Kier alpha value is -4.11. The zero-order valence-corrected chi connectivity index (χ0v) is 21.8. The van der Waals surface area contributed by atoms with Gasteiger partial charge in [-0.15, -0.1) is 0 Å². The third kappa shape index (κ3) is 4.43. The van der Waals surface area contributed by atoms with Crippen molar-refractivity contribution in [3.63, 3.8) is 0 Å². The molecule has 38 heavy (non-hydrogen) atoms. The normalized spacial score (nSPS) is 18.5. The molecule has 1 atom stereocenters.